The minimum atomic E-state index is -0.972. The molecule has 0 saturated heterocycles. The zero-order valence-electron chi connectivity index (χ0n) is 18.3. The first-order valence-corrected chi connectivity index (χ1v) is 10.6. The van der Waals surface area contributed by atoms with Crippen LogP contribution in [0.4, 0.5) is 5.69 Å². The second-order valence-corrected chi connectivity index (χ2v) is 7.69. The van der Waals surface area contributed by atoms with Gasteiger partial charge in [0.15, 0.2) is 11.5 Å². The molecule has 9 nitrogen and oxygen atoms in total. The number of allylic oxidation sites excluding steroid dienone is 1. The first-order valence-electron chi connectivity index (χ1n) is 10.2. The standard InChI is InChI=1S/C24H20ClN3O6/c1-31-23(29)20-19(13-6-4-3-5-7-13)14(12-26)22(27)28(21(20)24(30)32-2)16-11-18-17(10-15(16)25)33-8-9-34-18/h3-7,10-11,19H,8-9,27H2,1-2H3. The molecule has 0 saturated carbocycles. The molecule has 174 valence electrons. The molecule has 2 aromatic rings. The number of carbonyl (C=O) groups excluding carboxylic acids is 2. The summed E-state index contributed by atoms with van der Waals surface area (Å²) in [5.74, 6) is -1.98. The summed E-state index contributed by atoms with van der Waals surface area (Å²) < 4.78 is 21.2. The van der Waals surface area contributed by atoms with Gasteiger partial charge in [0.05, 0.1) is 48.1 Å². The zero-order chi connectivity index (χ0) is 24.4. The number of ether oxygens (including phenoxy) is 4. The number of fused-ring (bicyclic) bond motifs is 1. The maximum absolute atomic E-state index is 13.1. The molecule has 34 heavy (non-hydrogen) atoms. The third kappa shape index (κ3) is 3.78. The highest BCUT2D eigenvalue weighted by Crippen LogP contribution is 2.47. The molecule has 0 amide bonds. The maximum Gasteiger partial charge on any atom is 0.355 e. The minimum Gasteiger partial charge on any atom is -0.486 e. The highest BCUT2D eigenvalue weighted by molar-refractivity contribution is 6.34. The number of carbonyl (C=O) groups is 2. The third-order valence-electron chi connectivity index (χ3n) is 5.46. The van der Waals surface area contributed by atoms with E-state index in [1.165, 1.54) is 31.3 Å². The van der Waals surface area contributed by atoms with Crippen LogP contribution in [-0.4, -0.2) is 39.4 Å². The predicted octanol–water partition coefficient (Wildman–Crippen LogP) is 3.01. The van der Waals surface area contributed by atoms with E-state index in [2.05, 4.69) is 6.07 Å². The summed E-state index contributed by atoms with van der Waals surface area (Å²) in [6.07, 6.45) is 0. The molecule has 2 aromatic carbocycles. The molecule has 1 unspecified atom stereocenters. The second kappa shape index (κ2) is 9.37. The Morgan fingerprint density at radius 1 is 1.09 bits per heavy atom. The largest absolute Gasteiger partial charge is 0.486 e. The summed E-state index contributed by atoms with van der Waals surface area (Å²) in [6.45, 7) is 0.664. The van der Waals surface area contributed by atoms with Crippen LogP contribution in [0.5, 0.6) is 11.5 Å². The molecule has 2 heterocycles. The zero-order valence-corrected chi connectivity index (χ0v) is 19.1. The summed E-state index contributed by atoms with van der Waals surface area (Å²) in [4.78, 5) is 27.4. The van der Waals surface area contributed by atoms with Crippen molar-refractivity contribution < 1.29 is 28.5 Å². The summed E-state index contributed by atoms with van der Waals surface area (Å²) >= 11 is 6.55. The molecule has 0 bridgehead atoms. The number of nitriles is 1. The van der Waals surface area contributed by atoms with Crippen LogP contribution in [0.25, 0.3) is 0 Å². The topological polar surface area (TPSA) is 124 Å². The van der Waals surface area contributed by atoms with Gasteiger partial charge in [-0.25, -0.2) is 9.59 Å². The summed E-state index contributed by atoms with van der Waals surface area (Å²) in [5, 5.41) is 10.2. The monoisotopic (exact) mass is 481 g/mol. The van der Waals surface area contributed by atoms with E-state index in [-0.39, 0.29) is 33.4 Å². The van der Waals surface area contributed by atoms with Gasteiger partial charge in [0.25, 0.3) is 0 Å². The van der Waals surface area contributed by atoms with Gasteiger partial charge >= 0.3 is 11.9 Å². The number of hydrogen-bond acceptors (Lipinski definition) is 9. The molecular formula is C24H20ClN3O6. The fraction of sp³-hybridized carbons (Fsp3) is 0.208. The Balaban J connectivity index is 2.05. The molecule has 2 N–H and O–H groups in total. The first-order chi connectivity index (χ1) is 16.4. The number of nitrogens with zero attached hydrogens (tertiary/aromatic N) is 2. The molecule has 0 spiro atoms. The quantitative estimate of drug-likeness (QED) is 0.656. The Bertz CT molecular complexity index is 1270. The number of esters is 2. The lowest BCUT2D eigenvalue weighted by Crippen LogP contribution is -2.41. The highest BCUT2D eigenvalue weighted by Gasteiger charge is 2.43. The van der Waals surface area contributed by atoms with Gasteiger partial charge in [0.2, 0.25) is 0 Å². The van der Waals surface area contributed by atoms with Gasteiger partial charge in [0.1, 0.15) is 24.7 Å². The van der Waals surface area contributed by atoms with E-state index in [0.29, 0.717) is 30.3 Å². The Labute approximate surface area is 200 Å². The fourth-order valence-electron chi connectivity index (χ4n) is 3.99. The van der Waals surface area contributed by atoms with Crippen molar-refractivity contribution in [2.45, 2.75) is 5.92 Å². The van der Waals surface area contributed by atoms with E-state index in [0.717, 1.165) is 0 Å². The lowest BCUT2D eigenvalue weighted by molar-refractivity contribution is -0.139. The van der Waals surface area contributed by atoms with Gasteiger partial charge in [-0.15, -0.1) is 0 Å². The molecule has 10 heteroatoms. The molecule has 2 aliphatic rings. The number of nitrogens with two attached hydrogens (primary N) is 1. The average molecular weight is 482 g/mol. The molecule has 0 aliphatic carbocycles. The second-order valence-electron chi connectivity index (χ2n) is 7.28. The number of halogens is 1. The van der Waals surface area contributed by atoms with Gasteiger partial charge in [-0.3, -0.25) is 4.90 Å². The third-order valence-corrected chi connectivity index (χ3v) is 5.77. The Kier molecular flexibility index (Phi) is 6.34. The van der Waals surface area contributed by atoms with Crippen molar-refractivity contribution in [1.29, 1.82) is 5.26 Å². The van der Waals surface area contributed by atoms with E-state index < -0.39 is 17.9 Å². The Morgan fingerprint density at radius 3 is 2.29 bits per heavy atom. The predicted molar refractivity (Wildman–Crippen MR) is 122 cm³/mol. The summed E-state index contributed by atoms with van der Waals surface area (Å²) in [5.41, 5.74) is 6.94. The van der Waals surface area contributed by atoms with Crippen LogP contribution >= 0.6 is 11.6 Å². The van der Waals surface area contributed by atoms with E-state index in [1.807, 2.05) is 0 Å². The van der Waals surface area contributed by atoms with Crippen molar-refractivity contribution in [3.63, 3.8) is 0 Å². The number of methoxy groups -OCH3 is 2. The van der Waals surface area contributed by atoms with Crippen LogP contribution in [0.1, 0.15) is 11.5 Å². The number of benzene rings is 2. The normalized spacial score (nSPS) is 17.2. The van der Waals surface area contributed by atoms with Crippen LogP contribution < -0.4 is 20.1 Å². The van der Waals surface area contributed by atoms with Crippen molar-refractivity contribution >= 4 is 29.2 Å². The van der Waals surface area contributed by atoms with Crippen LogP contribution in [0.2, 0.25) is 5.02 Å². The first kappa shape index (κ1) is 23.0. The lowest BCUT2D eigenvalue weighted by atomic mass is 9.81. The van der Waals surface area contributed by atoms with Crippen LogP contribution in [0, 0.1) is 11.3 Å². The molecule has 1 atom stereocenters. The Hall–Kier alpha value is -4.16. The van der Waals surface area contributed by atoms with Crippen molar-refractivity contribution in [2.24, 2.45) is 5.73 Å². The number of anilines is 1. The van der Waals surface area contributed by atoms with Crippen LogP contribution in [0.3, 0.4) is 0 Å². The SMILES string of the molecule is COC(=O)C1=C(C(=O)OC)N(c2cc3c(cc2Cl)OCCO3)C(N)=C(C#N)C1c1ccccc1. The molecule has 2 aliphatic heterocycles. The average Bonchev–Trinajstić information content (AvgIpc) is 2.87. The summed E-state index contributed by atoms with van der Waals surface area (Å²) in [6, 6.07) is 13.9. The lowest BCUT2D eigenvalue weighted by Gasteiger charge is -2.36. The van der Waals surface area contributed by atoms with E-state index in [1.54, 1.807) is 30.3 Å². The molecule has 4 rings (SSSR count). The van der Waals surface area contributed by atoms with Crippen molar-refractivity contribution in [3.05, 3.63) is 75.7 Å². The van der Waals surface area contributed by atoms with Gasteiger partial charge in [-0.2, -0.15) is 5.26 Å². The number of rotatable bonds is 4. The van der Waals surface area contributed by atoms with Crippen molar-refractivity contribution in [1.82, 2.24) is 0 Å². The van der Waals surface area contributed by atoms with Gasteiger partial charge in [-0.05, 0) is 5.56 Å². The molecular weight excluding hydrogens is 462 g/mol. The molecule has 0 radical (unpaired) electrons. The molecule has 0 fully saturated rings. The van der Waals surface area contributed by atoms with Crippen molar-refractivity contribution in [2.75, 3.05) is 32.3 Å². The van der Waals surface area contributed by atoms with Gasteiger partial charge in [-0.1, -0.05) is 41.9 Å². The van der Waals surface area contributed by atoms with E-state index in [4.69, 9.17) is 36.3 Å². The highest BCUT2D eigenvalue weighted by atomic mass is 35.5. The van der Waals surface area contributed by atoms with Gasteiger partial charge in [0, 0.05) is 12.1 Å². The smallest absolute Gasteiger partial charge is 0.355 e. The van der Waals surface area contributed by atoms with Crippen LogP contribution in [-0.2, 0) is 19.1 Å². The maximum atomic E-state index is 13.1. The van der Waals surface area contributed by atoms with Crippen LogP contribution in [0.15, 0.2) is 65.1 Å². The van der Waals surface area contributed by atoms with E-state index in [9.17, 15) is 14.9 Å². The van der Waals surface area contributed by atoms with Crippen molar-refractivity contribution in [3.8, 4) is 17.6 Å². The minimum absolute atomic E-state index is 0.0326. The van der Waals surface area contributed by atoms with E-state index >= 15 is 0 Å². The number of hydrogen-bond donors (Lipinski definition) is 1. The summed E-state index contributed by atoms with van der Waals surface area (Å²) in [7, 11) is 2.35. The fourth-order valence-corrected chi connectivity index (χ4v) is 4.23. The Morgan fingerprint density at radius 2 is 1.71 bits per heavy atom. The molecule has 0 aromatic heterocycles. The van der Waals surface area contributed by atoms with Gasteiger partial charge < -0.3 is 24.7 Å².